The van der Waals surface area contributed by atoms with Crippen LogP contribution < -0.4 is 5.73 Å². The number of halogens is 2. The minimum Gasteiger partial charge on any atom is -0.377 e. The van der Waals surface area contributed by atoms with Gasteiger partial charge in [0.2, 0.25) is 0 Å². The molecule has 2 N–H and O–H groups in total. The number of ether oxygens (including phenoxy) is 1. The molecule has 0 aromatic carbocycles. The van der Waals surface area contributed by atoms with Crippen molar-refractivity contribution in [2.75, 3.05) is 6.61 Å². The zero-order chi connectivity index (χ0) is 11.4. The normalized spacial score (nSPS) is 13.8. The molecule has 1 aromatic rings. The fourth-order valence-corrected chi connectivity index (χ4v) is 0.857. The van der Waals surface area contributed by atoms with Gasteiger partial charge in [0.15, 0.2) is 5.82 Å². The topological polar surface area (TPSA) is 74.2 Å². The maximum Gasteiger partial charge on any atom is 0.315 e. The second kappa shape index (κ2) is 5.13. The van der Waals surface area contributed by atoms with E-state index in [-0.39, 0.29) is 18.5 Å². The third-order valence-electron chi connectivity index (χ3n) is 1.58. The Morgan fingerprint density at radius 1 is 1.47 bits per heavy atom. The lowest BCUT2D eigenvalue weighted by atomic mass is 10.3. The predicted molar refractivity (Wildman–Crippen MR) is 47.3 cm³/mol. The second-order valence-electron chi connectivity index (χ2n) is 3.28. The van der Waals surface area contributed by atoms with Crippen molar-refractivity contribution in [3.8, 4) is 0 Å². The van der Waals surface area contributed by atoms with Gasteiger partial charge in [-0.1, -0.05) is 5.16 Å². The summed E-state index contributed by atoms with van der Waals surface area (Å²) in [5.41, 5.74) is 5.60. The maximum absolute atomic E-state index is 12.1. The van der Waals surface area contributed by atoms with Crippen LogP contribution in [0.2, 0.25) is 0 Å². The zero-order valence-corrected chi connectivity index (χ0v) is 8.48. The number of aromatic nitrogens is 2. The fourth-order valence-electron chi connectivity index (χ4n) is 0.857. The van der Waals surface area contributed by atoms with Gasteiger partial charge in [-0.05, 0) is 13.8 Å². The quantitative estimate of drug-likeness (QED) is 0.814. The lowest BCUT2D eigenvalue weighted by molar-refractivity contribution is 0.0664. The fraction of sp³-hybridized carbons (Fsp3) is 0.750. The zero-order valence-electron chi connectivity index (χ0n) is 8.48. The predicted octanol–water partition coefficient (Wildman–Crippen LogP) is 1.43. The molecule has 0 aliphatic carbocycles. The van der Waals surface area contributed by atoms with Crippen molar-refractivity contribution in [2.24, 2.45) is 5.73 Å². The van der Waals surface area contributed by atoms with E-state index < -0.39 is 18.4 Å². The smallest absolute Gasteiger partial charge is 0.315 e. The Kier molecular flexibility index (Phi) is 4.10. The highest BCUT2D eigenvalue weighted by atomic mass is 19.3. The first-order valence-electron chi connectivity index (χ1n) is 4.49. The molecule has 1 heterocycles. The SMILES string of the molecule is CC(C)OCC(N)c1noc(C(F)F)n1. The molecule has 86 valence electrons. The molecule has 15 heavy (non-hydrogen) atoms. The van der Waals surface area contributed by atoms with Gasteiger partial charge in [0.25, 0.3) is 5.89 Å². The third kappa shape index (κ3) is 3.52. The minimum atomic E-state index is -2.77. The van der Waals surface area contributed by atoms with Crippen molar-refractivity contribution in [1.82, 2.24) is 10.1 Å². The summed E-state index contributed by atoms with van der Waals surface area (Å²) >= 11 is 0. The van der Waals surface area contributed by atoms with Crippen LogP contribution in [0.3, 0.4) is 0 Å². The van der Waals surface area contributed by atoms with Crippen molar-refractivity contribution < 1.29 is 18.0 Å². The van der Waals surface area contributed by atoms with E-state index in [0.29, 0.717) is 0 Å². The summed E-state index contributed by atoms with van der Waals surface area (Å²) in [6.07, 6.45) is -2.76. The van der Waals surface area contributed by atoms with E-state index in [0.717, 1.165) is 0 Å². The number of hydrogen-bond acceptors (Lipinski definition) is 5. The van der Waals surface area contributed by atoms with Gasteiger partial charge < -0.3 is 15.0 Å². The summed E-state index contributed by atoms with van der Waals surface area (Å²) in [7, 11) is 0. The number of nitrogens with two attached hydrogens (primary N) is 1. The third-order valence-corrected chi connectivity index (χ3v) is 1.58. The molecule has 1 atom stereocenters. The molecule has 7 heteroatoms. The molecule has 0 amide bonds. The molecule has 0 saturated heterocycles. The summed E-state index contributed by atoms with van der Waals surface area (Å²) in [6, 6.07) is -0.649. The largest absolute Gasteiger partial charge is 0.377 e. The van der Waals surface area contributed by atoms with Gasteiger partial charge >= 0.3 is 6.43 Å². The van der Waals surface area contributed by atoms with Crippen LogP contribution in [0.1, 0.15) is 38.0 Å². The average Bonchev–Trinajstić information content (AvgIpc) is 2.62. The second-order valence-corrected chi connectivity index (χ2v) is 3.28. The van der Waals surface area contributed by atoms with E-state index in [1.54, 1.807) is 0 Å². The lowest BCUT2D eigenvalue weighted by Crippen LogP contribution is -2.20. The van der Waals surface area contributed by atoms with Gasteiger partial charge in [-0.2, -0.15) is 13.8 Å². The number of hydrogen-bond donors (Lipinski definition) is 1. The average molecular weight is 221 g/mol. The standard InChI is InChI=1S/C8H13F2N3O2/c1-4(2)14-3-5(11)7-12-8(6(9)10)15-13-7/h4-6H,3,11H2,1-2H3. The highest BCUT2D eigenvalue weighted by molar-refractivity contribution is 4.93. The van der Waals surface area contributed by atoms with E-state index in [2.05, 4.69) is 14.7 Å². The van der Waals surface area contributed by atoms with E-state index in [4.69, 9.17) is 10.5 Å². The summed E-state index contributed by atoms with van der Waals surface area (Å²) < 4.78 is 33.7. The Labute approximate surface area is 85.6 Å². The van der Waals surface area contributed by atoms with Crippen LogP contribution in [0, 0.1) is 0 Å². The van der Waals surface area contributed by atoms with Gasteiger partial charge in [0.1, 0.15) is 0 Å². The van der Waals surface area contributed by atoms with Crippen LogP contribution in [0.5, 0.6) is 0 Å². The van der Waals surface area contributed by atoms with Crippen LogP contribution in [0.15, 0.2) is 4.52 Å². The minimum absolute atomic E-state index is 0.0116. The Morgan fingerprint density at radius 3 is 2.60 bits per heavy atom. The number of rotatable bonds is 5. The molecule has 0 saturated carbocycles. The first-order chi connectivity index (χ1) is 7.00. The Morgan fingerprint density at radius 2 is 2.13 bits per heavy atom. The molecule has 0 spiro atoms. The van der Waals surface area contributed by atoms with Gasteiger partial charge in [0.05, 0.1) is 18.8 Å². The monoisotopic (exact) mass is 221 g/mol. The molecule has 1 rings (SSSR count). The Bertz CT molecular complexity index is 304. The van der Waals surface area contributed by atoms with E-state index in [1.165, 1.54) is 0 Å². The molecule has 0 radical (unpaired) electrons. The highest BCUT2D eigenvalue weighted by Gasteiger charge is 2.20. The first-order valence-corrected chi connectivity index (χ1v) is 4.49. The van der Waals surface area contributed by atoms with E-state index >= 15 is 0 Å². The maximum atomic E-state index is 12.1. The molecule has 1 aromatic heterocycles. The highest BCUT2D eigenvalue weighted by Crippen LogP contribution is 2.17. The van der Waals surface area contributed by atoms with Crippen molar-refractivity contribution >= 4 is 0 Å². The van der Waals surface area contributed by atoms with Crippen LogP contribution in [0.25, 0.3) is 0 Å². The van der Waals surface area contributed by atoms with Crippen molar-refractivity contribution in [3.63, 3.8) is 0 Å². The summed E-state index contributed by atoms with van der Waals surface area (Å²) in [5, 5.41) is 3.34. The molecule has 0 aliphatic heterocycles. The molecular formula is C8H13F2N3O2. The summed E-state index contributed by atoms with van der Waals surface area (Å²) in [6.45, 7) is 3.85. The van der Waals surface area contributed by atoms with Gasteiger partial charge in [0, 0.05) is 0 Å². The number of nitrogens with zero attached hydrogens (tertiary/aromatic N) is 2. The Hall–Kier alpha value is -1.08. The van der Waals surface area contributed by atoms with Crippen LogP contribution in [0.4, 0.5) is 8.78 Å². The molecule has 0 fully saturated rings. The molecule has 0 aliphatic rings. The molecule has 1 unspecified atom stereocenters. The van der Waals surface area contributed by atoms with Crippen molar-refractivity contribution in [2.45, 2.75) is 32.4 Å². The first kappa shape index (κ1) is 12.0. The summed E-state index contributed by atoms with van der Waals surface area (Å²) in [4.78, 5) is 3.45. The van der Waals surface area contributed by atoms with Gasteiger partial charge in [-0.25, -0.2) is 0 Å². The molecular weight excluding hydrogens is 208 g/mol. The lowest BCUT2D eigenvalue weighted by Gasteiger charge is -2.10. The van der Waals surface area contributed by atoms with Crippen LogP contribution in [-0.2, 0) is 4.74 Å². The molecule has 0 bridgehead atoms. The number of alkyl halides is 2. The van der Waals surface area contributed by atoms with E-state index in [1.807, 2.05) is 13.8 Å². The van der Waals surface area contributed by atoms with Gasteiger partial charge in [-0.15, -0.1) is 0 Å². The van der Waals surface area contributed by atoms with Crippen molar-refractivity contribution in [3.05, 3.63) is 11.7 Å². The van der Waals surface area contributed by atoms with Crippen molar-refractivity contribution in [1.29, 1.82) is 0 Å². The van der Waals surface area contributed by atoms with Gasteiger partial charge in [-0.3, -0.25) is 0 Å². The van der Waals surface area contributed by atoms with E-state index in [9.17, 15) is 8.78 Å². The molecule has 5 nitrogen and oxygen atoms in total. The van der Waals surface area contributed by atoms with Crippen LogP contribution in [-0.4, -0.2) is 22.9 Å². The van der Waals surface area contributed by atoms with Crippen LogP contribution >= 0.6 is 0 Å². The Balaban J connectivity index is 2.54. The summed E-state index contributed by atoms with van der Waals surface area (Å²) in [5.74, 6) is -0.684.